The number of hydrogen-bond donors (Lipinski definition) is 1. The molecule has 0 atom stereocenters. The molecule has 1 N–H and O–H groups in total. The fourth-order valence-electron chi connectivity index (χ4n) is 2.14. The predicted octanol–water partition coefficient (Wildman–Crippen LogP) is 4.51. The van der Waals surface area contributed by atoms with Gasteiger partial charge < -0.3 is 4.74 Å². The van der Waals surface area contributed by atoms with Gasteiger partial charge in [0.25, 0.3) is 0 Å². The van der Waals surface area contributed by atoms with Crippen LogP contribution in [0.1, 0.15) is 22.5 Å². The Morgan fingerprint density at radius 3 is 2.96 bits per heavy atom. The fraction of sp³-hybridized carbons (Fsp3) is 0.167. The number of rotatable bonds is 6. The highest BCUT2D eigenvalue weighted by Crippen LogP contribution is 2.22. The van der Waals surface area contributed by atoms with Crippen LogP contribution in [0.2, 0.25) is 5.02 Å². The molecule has 0 amide bonds. The number of aryl methyl sites for hydroxylation is 1. The summed E-state index contributed by atoms with van der Waals surface area (Å²) in [5.74, 6) is 2.09. The molecule has 0 spiro atoms. The zero-order valence-corrected chi connectivity index (χ0v) is 15.1. The number of nitrogens with zero attached hydrogens (tertiary/aromatic N) is 3. The number of aromatic nitrogens is 3. The molecule has 0 unspecified atom stereocenters. The average Bonchev–Trinajstić information content (AvgIpc) is 3.09. The standard InChI is InChI=1S/C18H15ClN4OS/c1-12-7-15(5-6-16(12)19)24-10-17-21-18(23-22-17)25-11-14-4-2-3-13(8-14)9-20/h2-8H,10-11H2,1H3,(H,21,22,23). The van der Waals surface area contributed by atoms with Crippen molar-refractivity contribution in [3.05, 3.63) is 70.0 Å². The van der Waals surface area contributed by atoms with Crippen LogP contribution in [-0.2, 0) is 12.4 Å². The second-order valence-electron chi connectivity index (χ2n) is 5.37. The minimum Gasteiger partial charge on any atom is -0.486 e. The van der Waals surface area contributed by atoms with Crippen molar-refractivity contribution >= 4 is 23.4 Å². The van der Waals surface area contributed by atoms with Crippen molar-refractivity contribution in [2.24, 2.45) is 0 Å². The number of nitriles is 1. The third-order valence-electron chi connectivity index (χ3n) is 3.44. The summed E-state index contributed by atoms with van der Waals surface area (Å²) in [7, 11) is 0. The number of nitrogens with one attached hydrogen (secondary N) is 1. The number of halogens is 1. The van der Waals surface area contributed by atoms with Gasteiger partial charge in [0.05, 0.1) is 11.6 Å². The zero-order chi connectivity index (χ0) is 17.6. The molecule has 0 aliphatic rings. The Morgan fingerprint density at radius 1 is 1.28 bits per heavy atom. The lowest BCUT2D eigenvalue weighted by Gasteiger charge is -2.05. The van der Waals surface area contributed by atoms with Gasteiger partial charge in [0, 0.05) is 10.8 Å². The van der Waals surface area contributed by atoms with Gasteiger partial charge in [-0.2, -0.15) is 5.26 Å². The van der Waals surface area contributed by atoms with Crippen LogP contribution in [0.4, 0.5) is 0 Å². The molecule has 0 saturated carbocycles. The molecule has 0 bridgehead atoms. The first-order chi connectivity index (χ1) is 12.1. The van der Waals surface area contributed by atoms with Crippen LogP contribution in [0, 0.1) is 18.3 Å². The van der Waals surface area contributed by atoms with E-state index in [1.54, 1.807) is 6.07 Å². The SMILES string of the molecule is Cc1cc(OCc2nc(SCc3cccc(C#N)c3)n[nH]2)ccc1Cl. The lowest BCUT2D eigenvalue weighted by Crippen LogP contribution is -1.98. The number of benzene rings is 2. The molecular formula is C18H15ClN4OS. The zero-order valence-electron chi connectivity index (χ0n) is 13.5. The molecule has 126 valence electrons. The first-order valence-electron chi connectivity index (χ1n) is 7.56. The first kappa shape index (κ1) is 17.3. The summed E-state index contributed by atoms with van der Waals surface area (Å²) in [5.41, 5.74) is 2.68. The number of ether oxygens (including phenoxy) is 1. The number of hydrogen-bond acceptors (Lipinski definition) is 5. The maximum Gasteiger partial charge on any atom is 0.208 e. The van der Waals surface area contributed by atoms with Crippen LogP contribution in [-0.4, -0.2) is 15.2 Å². The van der Waals surface area contributed by atoms with Gasteiger partial charge in [0.2, 0.25) is 5.16 Å². The van der Waals surface area contributed by atoms with Crippen molar-refractivity contribution in [3.63, 3.8) is 0 Å². The summed E-state index contributed by atoms with van der Waals surface area (Å²) in [6.45, 7) is 2.23. The minimum absolute atomic E-state index is 0.304. The first-order valence-corrected chi connectivity index (χ1v) is 8.92. The molecule has 2 aromatic carbocycles. The van der Waals surface area contributed by atoms with E-state index >= 15 is 0 Å². The molecule has 0 saturated heterocycles. The number of H-pyrrole nitrogens is 1. The molecule has 0 fully saturated rings. The second-order valence-corrected chi connectivity index (χ2v) is 6.71. The van der Waals surface area contributed by atoms with E-state index in [0.717, 1.165) is 16.9 Å². The Balaban J connectivity index is 1.55. The maximum absolute atomic E-state index is 8.93. The summed E-state index contributed by atoms with van der Waals surface area (Å²) in [6.07, 6.45) is 0. The van der Waals surface area contributed by atoms with Gasteiger partial charge in [0.1, 0.15) is 12.4 Å². The molecule has 3 rings (SSSR count). The maximum atomic E-state index is 8.93. The van der Waals surface area contributed by atoms with Gasteiger partial charge in [-0.3, -0.25) is 5.10 Å². The average molecular weight is 371 g/mol. The fourth-order valence-corrected chi connectivity index (χ4v) is 3.02. The van der Waals surface area contributed by atoms with E-state index in [1.165, 1.54) is 11.8 Å². The Morgan fingerprint density at radius 2 is 2.16 bits per heavy atom. The quantitative estimate of drug-likeness (QED) is 0.646. The van der Waals surface area contributed by atoms with Gasteiger partial charge in [-0.15, -0.1) is 5.10 Å². The van der Waals surface area contributed by atoms with Crippen LogP contribution in [0.5, 0.6) is 5.75 Å². The molecule has 0 radical (unpaired) electrons. The summed E-state index contributed by atoms with van der Waals surface area (Å²) < 4.78 is 5.70. The van der Waals surface area contributed by atoms with E-state index in [-0.39, 0.29) is 0 Å². The summed E-state index contributed by atoms with van der Waals surface area (Å²) in [4.78, 5) is 4.40. The van der Waals surface area contributed by atoms with Crippen molar-refractivity contribution in [2.75, 3.05) is 0 Å². The van der Waals surface area contributed by atoms with Crippen molar-refractivity contribution in [3.8, 4) is 11.8 Å². The molecular weight excluding hydrogens is 356 g/mol. The normalized spacial score (nSPS) is 10.4. The van der Waals surface area contributed by atoms with Gasteiger partial charge in [0.15, 0.2) is 5.82 Å². The Kier molecular flexibility index (Phi) is 5.59. The van der Waals surface area contributed by atoms with Gasteiger partial charge >= 0.3 is 0 Å². The van der Waals surface area contributed by atoms with E-state index < -0.39 is 0 Å². The monoisotopic (exact) mass is 370 g/mol. The highest BCUT2D eigenvalue weighted by atomic mass is 35.5. The highest BCUT2D eigenvalue weighted by molar-refractivity contribution is 7.98. The third kappa shape index (κ3) is 4.75. The van der Waals surface area contributed by atoms with E-state index in [4.69, 9.17) is 21.6 Å². The molecule has 0 aliphatic heterocycles. The van der Waals surface area contributed by atoms with Crippen LogP contribution >= 0.6 is 23.4 Å². The van der Waals surface area contributed by atoms with E-state index in [2.05, 4.69) is 21.3 Å². The highest BCUT2D eigenvalue weighted by Gasteiger charge is 2.06. The summed E-state index contributed by atoms with van der Waals surface area (Å²) >= 11 is 7.50. The van der Waals surface area contributed by atoms with Crippen molar-refractivity contribution < 1.29 is 4.74 Å². The predicted molar refractivity (Wildman–Crippen MR) is 97.6 cm³/mol. The third-order valence-corrected chi connectivity index (χ3v) is 4.78. The number of aromatic amines is 1. The summed E-state index contributed by atoms with van der Waals surface area (Å²) in [6, 6.07) is 15.2. The smallest absolute Gasteiger partial charge is 0.208 e. The van der Waals surface area contributed by atoms with Crippen LogP contribution < -0.4 is 4.74 Å². The van der Waals surface area contributed by atoms with Crippen molar-refractivity contribution in [1.29, 1.82) is 5.26 Å². The molecule has 5 nitrogen and oxygen atoms in total. The van der Waals surface area contributed by atoms with Gasteiger partial charge in [-0.1, -0.05) is 35.5 Å². The molecule has 7 heteroatoms. The van der Waals surface area contributed by atoms with E-state index in [1.807, 2.05) is 43.3 Å². The molecule has 0 aliphatic carbocycles. The van der Waals surface area contributed by atoms with Gasteiger partial charge in [-0.25, -0.2) is 4.98 Å². The van der Waals surface area contributed by atoms with Crippen LogP contribution in [0.25, 0.3) is 0 Å². The largest absolute Gasteiger partial charge is 0.486 e. The Hall–Kier alpha value is -2.49. The van der Waals surface area contributed by atoms with E-state index in [9.17, 15) is 0 Å². The molecule has 25 heavy (non-hydrogen) atoms. The second kappa shape index (κ2) is 8.06. The number of thioether (sulfide) groups is 1. The van der Waals surface area contributed by atoms with Crippen molar-refractivity contribution in [2.45, 2.75) is 24.4 Å². The Labute approximate surface area is 155 Å². The molecule has 1 aromatic heterocycles. The minimum atomic E-state index is 0.304. The van der Waals surface area contributed by atoms with Gasteiger partial charge in [-0.05, 0) is 48.4 Å². The van der Waals surface area contributed by atoms with Crippen LogP contribution in [0.15, 0.2) is 47.6 Å². The lowest BCUT2D eigenvalue weighted by atomic mass is 10.2. The molecule has 1 heterocycles. The van der Waals surface area contributed by atoms with E-state index in [0.29, 0.717) is 33.9 Å². The van der Waals surface area contributed by atoms with Crippen molar-refractivity contribution in [1.82, 2.24) is 15.2 Å². The van der Waals surface area contributed by atoms with Crippen LogP contribution in [0.3, 0.4) is 0 Å². The lowest BCUT2D eigenvalue weighted by molar-refractivity contribution is 0.296. The summed E-state index contributed by atoms with van der Waals surface area (Å²) in [5, 5.41) is 17.3. The molecule has 3 aromatic rings. The Bertz CT molecular complexity index is 919. The topological polar surface area (TPSA) is 74.6 Å².